The zero-order valence-corrected chi connectivity index (χ0v) is 13.2. The van der Waals surface area contributed by atoms with Gasteiger partial charge in [0.25, 0.3) is 5.91 Å². The van der Waals surface area contributed by atoms with Gasteiger partial charge >= 0.3 is 0 Å². The summed E-state index contributed by atoms with van der Waals surface area (Å²) >= 11 is 0. The van der Waals surface area contributed by atoms with Crippen LogP contribution in [0.5, 0.6) is 0 Å². The maximum absolute atomic E-state index is 13.7. The molecule has 0 saturated heterocycles. The molecular weight excluding hydrogens is 349 g/mol. The number of nitrogens with zero attached hydrogens (tertiary/aromatic N) is 2. The van der Waals surface area contributed by atoms with E-state index in [-0.39, 0.29) is 17.8 Å². The summed E-state index contributed by atoms with van der Waals surface area (Å²) in [6, 6.07) is 6.75. The lowest BCUT2D eigenvalue weighted by atomic mass is 10.1. The lowest BCUT2D eigenvalue weighted by molar-refractivity contribution is -0.119. The van der Waals surface area contributed by atoms with Crippen LogP contribution in [0, 0.1) is 17.5 Å². The molecule has 0 fully saturated rings. The minimum absolute atomic E-state index is 0.0956. The summed E-state index contributed by atoms with van der Waals surface area (Å²) in [4.78, 5) is 24.0. The van der Waals surface area contributed by atoms with Crippen molar-refractivity contribution in [2.75, 3.05) is 10.3 Å². The van der Waals surface area contributed by atoms with Crippen LogP contribution in [-0.4, -0.2) is 23.6 Å². The lowest BCUT2D eigenvalue weighted by Crippen LogP contribution is -2.39. The lowest BCUT2D eigenvalue weighted by Gasteiger charge is -2.20. The molecule has 134 valence electrons. The van der Waals surface area contributed by atoms with E-state index in [0.29, 0.717) is 5.69 Å². The Kier molecular flexibility index (Phi) is 4.61. The number of amides is 2. The first kappa shape index (κ1) is 17.5. The quantitative estimate of drug-likeness (QED) is 0.874. The molecule has 1 atom stereocenters. The van der Waals surface area contributed by atoms with Gasteiger partial charge in [0.05, 0.1) is 11.4 Å². The van der Waals surface area contributed by atoms with Gasteiger partial charge in [0.1, 0.15) is 29.2 Å². The molecule has 2 amide bonds. The van der Waals surface area contributed by atoms with Crippen molar-refractivity contribution in [3.63, 3.8) is 0 Å². The fourth-order valence-electron chi connectivity index (χ4n) is 2.49. The fraction of sp³-hybridized carbons (Fsp3) is 0.118. The summed E-state index contributed by atoms with van der Waals surface area (Å²) < 4.78 is 39.9. The van der Waals surface area contributed by atoms with Gasteiger partial charge in [-0.05, 0) is 36.4 Å². The highest BCUT2D eigenvalue weighted by atomic mass is 19.1. The second-order valence-corrected chi connectivity index (χ2v) is 5.57. The molecule has 0 aromatic heterocycles. The predicted molar refractivity (Wildman–Crippen MR) is 88.9 cm³/mol. The molecule has 1 aliphatic rings. The number of hydrazone groups is 1. The minimum atomic E-state index is -0.960. The number of halogens is 3. The van der Waals surface area contributed by atoms with Crippen LogP contribution in [0.1, 0.15) is 6.42 Å². The van der Waals surface area contributed by atoms with Crippen molar-refractivity contribution in [3.8, 4) is 0 Å². The third-order valence-corrected chi connectivity index (χ3v) is 3.77. The first-order valence-electron chi connectivity index (χ1n) is 7.53. The Morgan fingerprint density at radius 3 is 2.38 bits per heavy atom. The van der Waals surface area contributed by atoms with Gasteiger partial charge in [-0.15, -0.1) is 0 Å². The number of nitrogens with two attached hydrogens (primary N) is 1. The van der Waals surface area contributed by atoms with E-state index < -0.39 is 35.3 Å². The van der Waals surface area contributed by atoms with Crippen molar-refractivity contribution in [1.29, 1.82) is 0 Å². The van der Waals surface area contributed by atoms with Crippen LogP contribution in [-0.2, 0) is 9.59 Å². The molecule has 0 spiro atoms. The molecule has 26 heavy (non-hydrogen) atoms. The molecule has 0 radical (unpaired) electrons. The molecule has 2 aromatic rings. The number of rotatable bonds is 4. The summed E-state index contributed by atoms with van der Waals surface area (Å²) in [7, 11) is 0. The molecule has 2 aromatic carbocycles. The highest BCUT2D eigenvalue weighted by molar-refractivity contribution is 6.44. The zero-order chi connectivity index (χ0) is 18.8. The van der Waals surface area contributed by atoms with E-state index in [1.165, 1.54) is 29.3 Å². The number of hydrogen-bond donors (Lipinski definition) is 2. The zero-order valence-electron chi connectivity index (χ0n) is 13.2. The minimum Gasteiger partial charge on any atom is -0.368 e. The molecule has 9 heteroatoms. The third-order valence-electron chi connectivity index (χ3n) is 3.77. The molecule has 0 aliphatic carbocycles. The van der Waals surface area contributed by atoms with Gasteiger partial charge in [-0.2, -0.15) is 5.10 Å². The fourth-order valence-corrected chi connectivity index (χ4v) is 2.49. The van der Waals surface area contributed by atoms with Gasteiger partial charge in [-0.1, -0.05) is 0 Å². The molecule has 1 aliphatic heterocycles. The van der Waals surface area contributed by atoms with E-state index in [1.54, 1.807) is 0 Å². The second kappa shape index (κ2) is 6.87. The van der Waals surface area contributed by atoms with E-state index in [4.69, 9.17) is 5.73 Å². The van der Waals surface area contributed by atoms with E-state index in [9.17, 15) is 22.8 Å². The largest absolute Gasteiger partial charge is 0.368 e. The number of benzene rings is 2. The number of nitrogens with one attached hydrogen (secondary N) is 1. The van der Waals surface area contributed by atoms with Crippen LogP contribution < -0.4 is 16.1 Å². The van der Waals surface area contributed by atoms with Gasteiger partial charge in [-0.25, -0.2) is 13.2 Å². The number of carbonyl (C=O) groups is 2. The maximum atomic E-state index is 13.7. The molecule has 0 saturated carbocycles. The smallest absolute Gasteiger partial charge is 0.272 e. The molecule has 1 heterocycles. The van der Waals surface area contributed by atoms with Crippen molar-refractivity contribution >= 4 is 28.9 Å². The van der Waals surface area contributed by atoms with Gasteiger partial charge in [0.2, 0.25) is 5.91 Å². The van der Waals surface area contributed by atoms with Crippen molar-refractivity contribution in [2.45, 2.75) is 12.5 Å². The normalized spacial score (nSPS) is 16.3. The van der Waals surface area contributed by atoms with Gasteiger partial charge in [0.15, 0.2) is 0 Å². The van der Waals surface area contributed by atoms with E-state index in [2.05, 4.69) is 10.4 Å². The topological polar surface area (TPSA) is 87.8 Å². The second-order valence-electron chi connectivity index (χ2n) is 5.57. The van der Waals surface area contributed by atoms with Crippen LogP contribution >= 0.6 is 0 Å². The summed E-state index contributed by atoms with van der Waals surface area (Å²) in [5.41, 5.74) is 5.25. The Hall–Kier alpha value is -3.36. The van der Waals surface area contributed by atoms with E-state index >= 15 is 0 Å². The average molecular weight is 362 g/mol. The third kappa shape index (κ3) is 3.51. The maximum Gasteiger partial charge on any atom is 0.272 e. The molecule has 1 unspecified atom stereocenters. The first-order chi connectivity index (χ1) is 12.3. The van der Waals surface area contributed by atoms with E-state index in [0.717, 1.165) is 18.2 Å². The Bertz CT molecular complexity index is 899. The van der Waals surface area contributed by atoms with Crippen molar-refractivity contribution in [2.24, 2.45) is 10.8 Å². The Labute approximate surface area is 146 Å². The predicted octanol–water partition coefficient (Wildman–Crippen LogP) is 2.16. The summed E-state index contributed by atoms with van der Waals surface area (Å²) in [6.45, 7) is 0. The number of hydrogen-bond acceptors (Lipinski definition) is 4. The number of carbonyl (C=O) groups excluding carboxylic acids is 2. The van der Waals surface area contributed by atoms with Gasteiger partial charge in [0, 0.05) is 12.5 Å². The van der Waals surface area contributed by atoms with Crippen LogP contribution in [0.4, 0.5) is 24.5 Å². The van der Waals surface area contributed by atoms with Crippen LogP contribution in [0.2, 0.25) is 0 Å². The van der Waals surface area contributed by atoms with Crippen LogP contribution in [0.3, 0.4) is 0 Å². The summed E-state index contributed by atoms with van der Waals surface area (Å²) in [6.07, 6.45) is -0.129. The van der Waals surface area contributed by atoms with Crippen LogP contribution in [0.15, 0.2) is 47.6 Å². The first-order valence-corrected chi connectivity index (χ1v) is 7.53. The molecule has 3 N–H and O–H groups in total. The molecule has 6 nitrogen and oxygen atoms in total. The summed E-state index contributed by atoms with van der Waals surface area (Å²) in [5, 5.41) is 7.44. The molecule has 3 rings (SSSR count). The molecule has 0 bridgehead atoms. The standard InChI is InChI=1S/C17H13F3N4O2/c18-9-1-4-11(5-2-9)24-15(16(21)25)8-14(23-24)17(26)22-13-7-10(19)3-6-12(13)20/h1-7,15H,8H2,(H2,21,25)(H,22,26). The van der Waals surface area contributed by atoms with Crippen LogP contribution in [0.25, 0.3) is 0 Å². The highest BCUT2D eigenvalue weighted by Crippen LogP contribution is 2.25. The Morgan fingerprint density at radius 2 is 1.73 bits per heavy atom. The highest BCUT2D eigenvalue weighted by Gasteiger charge is 2.35. The molecular formula is C17H13F3N4O2. The van der Waals surface area contributed by atoms with Gasteiger partial charge in [-0.3, -0.25) is 14.6 Å². The van der Waals surface area contributed by atoms with Crippen molar-refractivity contribution < 1.29 is 22.8 Å². The van der Waals surface area contributed by atoms with Crippen molar-refractivity contribution in [3.05, 3.63) is 59.9 Å². The summed E-state index contributed by atoms with van der Waals surface area (Å²) in [5.74, 6) is -3.56. The van der Waals surface area contributed by atoms with Gasteiger partial charge < -0.3 is 11.1 Å². The number of primary amides is 1. The Balaban J connectivity index is 1.86. The van der Waals surface area contributed by atoms with E-state index in [1.807, 2.05) is 0 Å². The average Bonchev–Trinajstić information content (AvgIpc) is 3.04. The Morgan fingerprint density at radius 1 is 1.08 bits per heavy atom. The monoisotopic (exact) mass is 362 g/mol. The van der Waals surface area contributed by atoms with Crippen molar-refractivity contribution in [1.82, 2.24) is 0 Å². The SMILES string of the molecule is NC(=O)C1CC(C(=O)Nc2cc(F)ccc2F)=NN1c1ccc(F)cc1. The number of anilines is 2.